The van der Waals surface area contributed by atoms with Gasteiger partial charge in [0.25, 0.3) is 8.32 Å². The van der Waals surface area contributed by atoms with Crippen molar-refractivity contribution in [3.05, 3.63) is 108 Å². The number of hydrogen-bond acceptors (Lipinski definition) is 3. The maximum absolute atomic E-state index is 13.7. The number of hydrogen-bond donors (Lipinski definition) is 0. The molecule has 0 heterocycles. The fourth-order valence-electron chi connectivity index (χ4n) is 5.90. The van der Waals surface area contributed by atoms with Gasteiger partial charge >= 0.3 is 0 Å². The first-order chi connectivity index (χ1) is 18.3. The number of ketones is 2. The van der Waals surface area contributed by atoms with Gasteiger partial charge < -0.3 is 4.43 Å². The minimum absolute atomic E-state index is 0.00185. The third-order valence-electron chi connectivity index (χ3n) is 7.76. The molecule has 0 fully saturated rings. The van der Waals surface area contributed by atoms with Crippen LogP contribution in [-0.4, -0.2) is 26.5 Å². The van der Waals surface area contributed by atoms with Gasteiger partial charge in [-0.3, -0.25) is 9.59 Å². The fraction of sp³-hybridized carbons (Fsp3) is 0.353. The number of rotatable bonds is 11. The van der Waals surface area contributed by atoms with Gasteiger partial charge in [-0.25, -0.2) is 0 Å². The van der Waals surface area contributed by atoms with Gasteiger partial charge in [0.1, 0.15) is 0 Å². The summed E-state index contributed by atoms with van der Waals surface area (Å²) >= 11 is 0. The molecule has 38 heavy (non-hydrogen) atoms. The van der Waals surface area contributed by atoms with Gasteiger partial charge in [0.15, 0.2) is 11.6 Å². The van der Waals surface area contributed by atoms with Gasteiger partial charge in [-0.2, -0.15) is 0 Å². The first-order valence-electron chi connectivity index (χ1n) is 13.9. The topological polar surface area (TPSA) is 43.4 Å². The summed E-state index contributed by atoms with van der Waals surface area (Å²) in [5.74, 6) is 0.0199. The summed E-state index contributed by atoms with van der Waals surface area (Å²) in [4.78, 5) is 26.9. The summed E-state index contributed by atoms with van der Waals surface area (Å²) in [7, 11) is -2.68. The molecule has 1 unspecified atom stereocenters. The third kappa shape index (κ3) is 5.67. The van der Waals surface area contributed by atoms with E-state index < -0.39 is 8.32 Å². The zero-order chi connectivity index (χ0) is 27.2. The molecule has 0 spiro atoms. The lowest BCUT2D eigenvalue weighted by Gasteiger charge is -2.43. The molecule has 0 aliphatic heterocycles. The second-order valence-corrected chi connectivity index (χ2v) is 15.6. The van der Waals surface area contributed by atoms with Crippen molar-refractivity contribution in [1.29, 1.82) is 0 Å². The SMILES string of the molecule is CCCCC1=C(C(=O)c2ccccc2)C(CCO[Si](c2ccccc2)(c2ccccc2)C(C)(C)C)CC1=O. The Kier molecular flexibility index (Phi) is 8.96. The van der Waals surface area contributed by atoms with Crippen molar-refractivity contribution in [2.45, 2.75) is 64.8 Å². The van der Waals surface area contributed by atoms with E-state index in [0.29, 0.717) is 31.4 Å². The molecule has 1 aliphatic rings. The van der Waals surface area contributed by atoms with E-state index in [1.54, 1.807) is 0 Å². The highest BCUT2D eigenvalue weighted by atomic mass is 28.4. The van der Waals surface area contributed by atoms with Crippen LogP contribution in [0, 0.1) is 5.92 Å². The maximum Gasteiger partial charge on any atom is 0.261 e. The predicted octanol–water partition coefficient (Wildman–Crippen LogP) is 6.91. The van der Waals surface area contributed by atoms with E-state index in [1.165, 1.54) is 10.4 Å². The molecule has 0 bridgehead atoms. The van der Waals surface area contributed by atoms with E-state index in [0.717, 1.165) is 24.0 Å². The van der Waals surface area contributed by atoms with Crippen LogP contribution in [0.25, 0.3) is 0 Å². The van der Waals surface area contributed by atoms with Gasteiger partial charge in [0.2, 0.25) is 0 Å². The van der Waals surface area contributed by atoms with Gasteiger partial charge in [0, 0.05) is 29.7 Å². The molecule has 3 aromatic carbocycles. The summed E-state index contributed by atoms with van der Waals surface area (Å²) < 4.78 is 7.11. The van der Waals surface area contributed by atoms with Crippen molar-refractivity contribution in [2.75, 3.05) is 6.61 Å². The first kappa shape index (κ1) is 27.9. The van der Waals surface area contributed by atoms with Crippen LogP contribution in [0.15, 0.2) is 102 Å². The average molecular weight is 525 g/mol. The smallest absolute Gasteiger partial charge is 0.261 e. The highest BCUT2D eigenvalue weighted by Crippen LogP contribution is 2.39. The molecular weight excluding hydrogens is 484 g/mol. The van der Waals surface area contributed by atoms with Crippen molar-refractivity contribution >= 4 is 30.3 Å². The summed E-state index contributed by atoms with van der Waals surface area (Å²) in [5.41, 5.74) is 2.13. The summed E-state index contributed by atoms with van der Waals surface area (Å²) in [6, 6.07) is 30.6. The van der Waals surface area contributed by atoms with E-state index in [9.17, 15) is 9.59 Å². The Hall–Kier alpha value is -3.08. The summed E-state index contributed by atoms with van der Waals surface area (Å²) in [6.07, 6.45) is 3.63. The van der Waals surface area contributed by atoms with Crippen LogP contribution in [0.1, 0.15) is 70.2 Å². The van der Waals surface area contributed by atoms with Crippen LogP contribution in [-0.2, 0) is 9.22 Å². The summed E-state index contributed by atoms with van der Waals surface area (Å²) in [6.45, 7) is 9.42. The second-order valence-electron chi connectivity index (χ2n) is 11.3. The van der Waals surface area contributed by atoms with Gasteiger partial charge in [-0.05, 0) is 40.6 Å². The third-order valence-corrected chi connectivity index (χ3v) is 12.8. The first-order valence-corrected chi connectivity index (χ1v) is 15.8. The van der Waals surface area contributed by atoms with Gasteiger partial charge in [-0.1, -0.05) is 125 Å². The van der Waals surface area contributed by atoms with Crippen LogP contribution < -0.4 is 10.4 Å². The molecule has 1 aliphatic carbocycles. The summed E-state index contributed by atoms with van der Waals surface area (Å²) in [5, 5.41) is 2.35. The van der Waals surface area contributed by atoms with Crippen LogP contribution >= 0.6 is 0 Å². The molecule has 0 saturated heterocycles. The normalized spacial score (nSPS) is 16.2. The maximum atomic E-state index is 13.7. The van der Waals surface area contributed by atoms with Crippen molar-refractivity contribution in [3.63, 3.8) is 0 Å². The lowest BCUT2D eigenvalue weighted by atomic mass is 9.90. The Morgan fingerprint density at radius 1 is 0.868 bits per heavy atom. The van der Waals surface area contributed by atoms with Crippen molar-refractivity contribution in [1.82, 2.24) is 0 Å². The van der Waals surface area contributed by atoms with Crippen LogP contribution in [0.3, 0.4) is 0 Å². The fourth-order valence-corrected chi connectivity index (χ4v) is 10.5. The number of allylic oxidation sites excluding steroid dienone is 2. The minimum Gasteiger partial charge on any atom is -0.407 e. The molecule has 3 nitrogen and oxygen atoms in total. The Morgan fingerprint density at radius 3 is 1.89 bits per heavy atom. The Morgan fingerprint density at radius 2 is 1.39 bits per heavy atom. The number of unbranched alkanes of at least 4 members (excludes halogenated alkanes) is 1. The average Bonchev–Trinajstić information content (AvgIpc) is 3.24. The molecule has 198 valence electrons. The number of carbonyl (C=O) groups excluding carboxylic acids is 2. The van der Waals surface area contributed by atoms with Crippen LogP contribution in [0.2, 0.25) is 5.04 Å². The standard InChI is InChI=1S/C34H40O3Si/c1-5-6-22-30-31(35)25-27(32(30)33(36)26-16-10-7-11-17-26)23-24-37-38(34(2,3)4,28-18-12-8-13-19-28)29-20-14-9-15-21-29/h7-21,27H,5-6,22-25H2,1-4H3. The van der Waals surface area contributed by atoms with Gasteiger partial charge in [-0.15, -0.1) is 0 Å². The number of carbonyl (C=O) groups is 2. The molecular formula is C34H40O3Si. The predicted molar refractivity (Wildman–Crippen MR) is 159 cm³/mol. The van der Waals surface area contributed by atoms with Crippen molar-refractivity contribution in [2.24, 2.45) is 5.92 Å². The van der Waals surface area contributed by atoms with Crippen molar-refractivity contribution in [3.8, 4) is 0 Å². The van der Waals surface area contributed by atoms with E-state index >= 15 is 0 Å². The molecule has 0 radical (unpaired) electrons. The molecule has 0 saturated carbocycles. The molecule has 1 atom stereocenters. The molecule has 4 rings (SSSR count). The second kappa shape index (κ2) is 12.2. The van der Waals surface area contributed by atoms with E-state index in [2.05, 4.69) is 76.2 Å². The van der Waals surface area contributed by atoms with E-state index in [4.69, 9.17) is 4.43 Å². The lowest BCUT2D eigenvalue weighted by Crippen LogP contribution is -2.66. The van der Waals surface area contributed by atoms with Crippen LogP contribution in [0.5, 0.6) is 0 Å². The minimum atomic E-state index is -2.68. The largest absolute Gasteiger partial charge is 0.407 e. The quantitative estimate of drug-likeness (QED) is 0.202. The van der Waals surface area contributed by atoms with Crippen LogP contribution in [0.4, 0.5) is 0 Å². The van der Waals surface area contributed by atoms with Gasteiger partial charge in [0.05, 0.1) is 0 Å². The molecule has 4 heteroatoms. The highest BCUT2D eigenvalue weighted by molar-refractivity contribution is 6.99. The number of benzene rings is 3. The molecule has 3 aromatic rings. The zero-order valence-corrected chi connectivity index (χ0v) is 24.2. The number of Topliss-reactive ketones (excluding diaryl/α,β-unsaturated/α-hetero) is 2. The Bertz CT molecular complexity index is 1220. The Labute approximate surface area is 229 Å². The Balaban J connectivity index is 1.67. The monoisotopic (exact) mass is 524 g/mol. The molecule has 0 amide bonds. The van der Waals surface area contributed by atoms with Crippen molar-refractivity contribution < 1.29 is 14.0 Å². The van der Waals surface area contributed by atoms with E-state index in [-0.39, 0.29) is 22.5 Å². The molecule has 0 aromatic heterocycles. The lowest BCUT2D eigenvalue weighted by molar-refractivity contribution is -0.115. The molecule has 0 N–H and O–H groups in total. The van der Waals surface area contributed by atoms with E-state index in [1.807, 2.05) is 42.5 Å². The zero-order valence-electron chi connectivity index (χ0n) is 23.2. The highest BCUT2D eigenvalue weighted by Gasteiger charge is 2.50.